The van der Waals surface area contributed by atoms with Crippen LogP contribution in [0.5, 0.6) is 0 Å². The van der Waals surface area contributed by atoms with Gasteiger partial charge in [0.25, 0.3) is 10.1 Å². The predicted octanol–water partition coefficient (Wildman–Crippen LogP) is 4.89. The lowest BCUT2D eigenvalue weighted by Gasteiger charge is -2.01. The first-order valence-corrected chi connectivity index (χ1v) is 9.31. The van der Waals surface area contributed by atoms with Gasteiger partial charge in [0, 0.05) is 5.56 Å². The van der Waals surface area contributed by atoms with Gasteiger partial charge >= 0.3 is 0 Å². The smallest absolute Gasteiger partial charge is 0.282 e. The van der Waals surface area contributed by atoms with Crippen LogP contribution in [0.2, 0.25) is 0 Å². The second kappa shape index (κ2) is 6.80. The molecular formula is C18H24O3S. The van der Waals surface area contributed by atoms with Crippen LogP contribution < -0.4 is 0 Å². The lowest BCUT2D eigenvalue weighted by molar-refractivity contribution is 0.484. The summed E-state index contributed by atoms with van der Waals surface area (Å²) in [6.45, 7) is 6.35. The van der Waals surface area contributed by atoms with E-state index in [2.05, 4.69) is 20.8 Å². The Labute approximate surface area is 133 Å². The third kappa shape index (κ3) is 3.68. The molecule has 0 saturated carbocycles. The standard InChI is InChI=1S/C18H24O3S/c1-4-5-6-7-15-12-18(22(19,20)21)17-11-9-14(13(2)3)8-10-16(15)17/h8-13H,4-7H2,1-3H3,(H,19,20,21). The highest BCUT2D eigenvalue weighted by Gasteiger charge is 2.22. The largest absolute Gasteiger partial charge is 0.295 e. The third-order valence-corrected chi connectivity index (χ3v) is 4.98. The summed E-state index contributed by atoms with van der Waals surface area (Å²) in [6, 6.07) is 9.42. The monoisotopic (exact) mass is 320 g/mol. The quantitative estimate of drug-likeness (QED) is 0.608. The molecule has 0 spiro atoms. The van der Waals surface area contributed by atoms with Gasteiger partial charge in [-0.1, -0.05) is 57.9 Å². The molecule has 3 nitrogen and oxygen atoms in total. The molecule has 2 aliphatic carbocycles. The Morgan fingerprint density at radius 1 is 1.05 bits per heavy atom. The molecule has 0 bridgehead atoms. The van der Waals surface area contributed by atoms with Crippen molar-refractivity contribution in [1.82, 2.24) is 0 Å². The number of hydrogen-bond donors (Lipinski definition) is 1. The molecule has 0 heterocycles. The van der Waals surface area contributed by atoms with Crippen molar-refractivity contribution in [2.45, 2.75) is 57.3 Å². The number of unbranched alkanes of at least 4 members (excludes halogenated alkanes) is 2. The van der Waals surface area contributed by atoms with Crippen molar-refractivity contribution in [3.05, 3.63) is 41.5 Å². The molecule has 0 aromatic heterocycles. The molecular weight excluding hydrogens is 296 g/mol. The molecule has 22 heavy (non-hydrogen) atoms. The first-order chi connectivity index (χ1) is 10.3. The Kier molecular flexibility index (Phi) is 5.24. The van der Waals surface area contributed by atoms with Crippen LogP contribution in [0.1, 0.15) is 57.1 Å². The lowest BCUT2D eigenvalue weighted by Crippen LogP contribution is -1.96. The maximum absolute atomic E-state index is 11.7. The highest BCUT2D eigenvalue weighted by Crippen LogP contribution is 2.36. The fourth-order valence-electron chi connectivity index (χ4n) is 2.77. The molecule has 4 heteroatoms. The van der Waals surface area contributed by atoms with E-state index in [-0.39, 0.29) is 4.90 Å². The Balaban J connectivity index is 2.56. The van der Waals surface area contributed by atoms with Crippen molar-refractivity contribution in [3.63, 3.8) is 0 Å². The van der Waals surface area contributed by atoms with E-state index in [0.717, 1.165) is 42.4 Å². The van der Waals surface area contributed by atoms with Crippen molar-refractivity contribution in [1.29, 1.82) is 0 Å². The summed E-state index contributed by atoms with van der Waals surface area (Å²) in [7, 11) is -4.20. The van der Waals surface area contributed by atoms with Gasteiger partial charge in [0.05, 0.1) is 0 Å². The molecule has 0 fully saturated rings. The zero-order valence-corrected chi connectivity index (χ0v) is 14.3. The fraction of sp³-hybridized carbons (Fsp3) is 0.444. The molecule has 0 radical (unpaired) electrons. The van der Waals surface area contributed by atoms with Crippen LogP contribution in [0.4, 0.5) is 0 Å². The van der Waals surface area contributed by atoms with E-state index in [1.165, 1.54) is 0 Å². The second-order valence-electron chi connectivity index (χ2n) is 6.11. The number of fused-ring (bicyclic) bond motifs is 1. The molecule has 0 amide bonds. The zero-order valence-electron chi connectivity index (χ0n) is 13.5. The minimum atomic E-state index is -4.20. The average Bonchev–Trinajstić information content (AvgIpc) is 2.64. The minimum absolute atomic E-state index is 0.0277. The lowest BCUT2D eigenvalue weighted by atomic mass is 10.0. The van der Waals surface area contributed by atoms with Crippen molar-refractivity contribution >= 4 is 10.1 Å². The highest BCUT2D eigenvalue weighted by atomic mass is 32.2. The second-order valence-corrected chi connectivity index (χ2v) is 7.50. The van der Waals surface area contributed by atoms with Crippen molar-refractivity contribution < 1.29 is 13.0 Å². The van der Waals surface area contributed by atoms with E-state index in [1.54, 1.807) is 6.07 Å². The molecule has 0 saturated heterocycles. The Morgan fingerprint density at radius 3 is 2.23 bits per heavy atom. The normalized spacial score (nSPS) is 12.2. The van der Waals surface area contributed by atoms with Gasteiger partial charge in [0.2, 0.25) is 0 Å². The first kappa shape index (κ1) is 17.0. The SMILES string of the molecule is CCCCCc1cc(S(=O)(=O)O)c2ccc(C(C)C)ccc1-2. The Bertz CT molecular complexity index is 717. The molecule has 1 N–H and O–H groups in total. The maximum atomic E-state index is 11.7. The molecule has 0 unspecified atom stereocenters. The molecule has 0 atom stereocenters. The zero-order chi connectivity index (χ0) is 16.3. The number of hydrogen-bond acceptors (Lipinski definition) is 2. The van der Waals surface area contributed by atoms with Crippen LogP contribution in [0, 0.1) is 0 Å². The van der Waals surface area contributed by atoms with Crippen LogP contribution in [0.15, 0.2) is 35.2 Å². The van der Waals surface area contributed by atoms with E-state index in [0.29, 0.717) is 11.5 Å². The molecule has 2 rings (SSSR count). The van der Waals surface area contributed by atoms with Crippen molar-refractivity contribution in [2.24, 2.45) is 0 Å². The summed E-state index contributed by atoms with van der Waals surface area (Å²) in [4.78, 5) is 0.0277. The topological polar surface area (TPSA) is 54.4 Å². The maximum Gasteiger partial charge on any atom is 0.295 e. The predicted molar refractivity (Wildman–Crippen MR) is 90.2 cm³/mol. The van der Waals surface area contributed by atoms with Gasteiger partial charge in [0.1, 0.15) is 4.90 Å². The van der Waals surface area contributed by atoms with Crippen LogP contribution in [-0.4, -0.2) is 13.0 Å². The minimum Gasteiger partial charge on any atom is -0.282 e. The summed E-state index contributed by atoms with van der Waals surface area (Å²) >= 11 is 0. The Hall–Kier alpha value is -1.39. The number of aryl methyl sites for hydroxylation is 1. The number of rotatable bonds is 6. The van der Waals surface area contributed by atoms with Gasteiger partial charge in [0.15, 0.2) is 0 Å². The molecule has 2 aliphatic rings. The van der Waals surface area contributed by atoms with Gasteiger partial charge in [-0.2, -0.15) is 8.42 Å². The van der Waals surface area contributed by atoms with Crippen LogP contribution in [0.3, 0.4) is 0 Å². The summed E-state index contributed by atoms with van der Waals surface area (Å²) < 4.78 is 32.8. The summed E-state index contributed by atoms with van der Waals surface area (Å²) in [6.07, 6.45) is 4.09. The first-order valence-electron chi connectivity index (χ1n) is 7.87. The Morgan fingerprint density at radius 2 is 1.68 bits per heavy atom. The summed E-state index contributed by atoms with van der Waals surface area (Å²) in [5, 5.41) is 0. The van der Waals surface area contributed by atoms with Gasteiger partial charge < -0.3 is 0 Å². The van der Waals surface area contributed by atoms with E-state index < -0.39 is 10.1 Å². The van der Waals surface area contributed by atoms with Gasteiger partial charge in [-0.05, 0) is 41.5 Å². The average molecular weight is 320 g/mol. The van der Waals surface area contributed by atoms with Gasteiger partial charge in [-0.25, -0.2) is 0 Å². The van der Waals surface area contributed by atoms with Crippen molar-refractivity contribution in [2.75, 3.05) is 0 Å². The van der Waals surface area contributed by atoms with E-state index in [1.807, 2.05) is 24.3 Å². The van der Waals surface area contributed by atoms with Crippen LogP contribution in [-0.2, 0) is 16.5 Å². The van der Waals surface area contributed by atoms with Crippen LogP contribution >= 0.6 is 0 Å². The van der Waals surface area contributed by atoms with Gasteiger partial charge in [-0.3, -0.25) is 4.55 Å². The van der Waals surface area contributed by atoms with E-state index in [4.69, 9.17) is 0 Å². The summed E-state index contributed by atoms with van der Waals surface area (Å²) in [5.41, 5.74) is 3.69. The highest BCUT2D eigenvalue weighted by molar-refractivity contribution is 7.86. The van der Waals surface area contributed by atoms with E-state index >= 15 is 0 Å². The molecule has 0 aliphatic heterocycles. The fourth-order valence-corrected chi connectivity index (χ4v) is 3.52. The molecule has 120 valence electrons. The molecule has 0 aromatic rings. The third-order valence-electron chi connectivity index (χ3n) is 4.09. The van der Waals surface area contributed by atoms with Crippen LogP contribution in [0.25, 0.3) is 11.1 Å². The summed E-state index contributed by atoms with van der Waals surface area (Å²) in [5.74, 6) is 0.370. The molecule has 0 aromatic carbocycles. The van der Waals surface area contributed by atoms with Gasteiger partial charge in [-0.15, -0.1) is 0 Å². The van der Waals surface area contributed by atoms with E-state index in [9.17, 15) is 13.0 Å². The van der Waals surface area contributed by atoms with Crippen molar-refractivity contribution in [3.8, 4) is 11.1 Å².